The number of hydrogen-bond donors (Lipinski definition) is 0. The highest BCUT2D eigenvalue weighted by atomic mass is 28.3. The first-order chi connectivity index (χ1) is 24.3. The van der Waals surface area contributed by atoms with Crippen molar-refractivity contribution in [1.82, 2.24) is 79.7 Å². The van der Waals surface area contributed by atoms with Crippen molar-refractivity contribution in [2.75, 3.05) is 0 Å². The summed E-state index contributed by atoms with van der Waals surface area (Å²) in [5.74, 6) is 0. The first kappa shape index (κ1) is 29.3. The summed E-state index contributed by atoms with van der Waals surface area (Å²) in [6.07, 6.45) is 32.4. The molecule has 0 saturated carbocycles. The van der Waals surface area contributed by atoms with Crippen molar-refractivity contribution in [1.29, 1.82) is 0 Å². The minimum Gasteiger partial charge on any atom is -0.261 e. The van der Waals surface area contributed by atoms with E-state index in [-0.39, 0.29) is 0 Å². The maximum absolute atomic E-state index is 5.16. The van der Waals surface area contributed by atoms with Crippen LogP contribution in [-0.4, -0.2) is 87.8 Å². The quantitative estimate of drug-likeness (QED) is 0.198. The van der Waals surface area contributed by atoms with Gasteiger partial charge in [0, 0.05) is 74.4 Å². The zero-order chi connectivity index (χ0) is 32.9. The second-order valence-corrected chi connectivity index (χ2v) is 13.8. The van der Waals surface area contributed by atoms with Crippen LogP contribution >= 0.6 is 0 Å². The fraction of sp³-hybridized carbons (Fsp3) is 0. The third kappa shape index (κ3) is 5.61. The number of nitrogens with zero attached hydrogens (tertiary/aromatic N) is 16. The molecule has 0 amide bonds. The summed E-state index contributed by atoms with van der Waals surface area (Å²) >= 11 is 0. The van der Waals surface area contributed by atoms with Crippen LogP contribution in [0.15, 0.2) is 124 Å². The highest BCUT2D eigenvalue weighted by molar-refractivity contribution is 7.18. The number of hydrogen-bond acceptors (Lipinski definition) is 16. The summed E-state index contributed by atoms with van der Waals surface area (Å²) < 4.78 is 0. The predicted octanol–water partition coefficient (Wildman–Crippen LogP) is 0.0520. The van der Waals surface area contributed by atoms with E-state index >= 15 is 0 Å². The van der Waals surface area contributed by atoms with E-state index in [2.05, 4.69) is 59.8 Å². The highest BCUT2D eigenvalue weighted by Gasteiger charge is 2.50. The van der Waals surface area contributed by atoms with Gasteiger partial charge in [-0.15, -0.1) is 0 Å². The molecular formula is C32H20N16Si. The van der Waals surface area contributed by atoms with Crippen LogP contribution < -0.4 is 21.3 Å². The molecule has 0 spiro atoms. The SMILES string of the molecule is c1cnc(-c2cncc([Si](c3cncc(-c4cnccn4)n3)(c3cncc(-c4cnccn4)n3)c3cncc(-c4cnccn4)n3)n2)cn1. The van der Waals surface area contributed by atoms with Gasteiger partial charge in [0.2, 0.25) is 0 Å². The Balaban J connectivity index is 1.47. The minimum atomic E-state index is -3.84. The van der Waals surface area contributed by atoms with Gasteiger partial charge < -0.3 is 0 Å². The Morgan fingerprint density at radius 3 is 0.714 bits per heavy atom. The zero-order valence-corrected chi connectivity index (χ0v) is 26.2. The topological polar surface area (TPSA) is 206 Å². The maximum atomic E-state index is 5.16. The molecule has 0 aromatic carbocycles. The Morgan fingerprint density at radius 2 is 0.490 bits per heavy atom. The van der Waals surface area contributed by atoms with E-state index in [1.54, 1.807) is 124 Å². The molecule has 0 aliphatic carbocycles. The standard InChI is InChI=1S/C32H20N16Si/c1-5-41-21(9-33-1)25-13-37-17-29(45-25)49(30-18-38-14-26(46-30)22-10-34-2-6-42-22,31-19-39-15-27(47-31)23-11-35-3-7-43-23)32-20-40-16-28(48-32)24-12-36-4-8-44-24/h1-20H. The molecule has 0 N–H and O–H groups in total. The normalized spacial score (nSPS) is 11.3. The van der Waals surface area contributed by atoms with E-state index < -0.39 is 8.07 Å². The summed E-state index contributed by atoms with van der Waals surface area (Å²) in [6, 6.07) is 0. The molecule has 8 rings (SSSR count). The van der Waals surface area contributed by atoms with E-state index in [0.717, 1.165) is 0 Å². The lowest BCUT2D eigenvalue weighted by Gasteiger charge is -2.29. The molecule has 8 aromatic heterocycles. The summed E-state index contributed by atoms with van der Waals surface area (Å²) in [5.41, 5.74) is 4.04. The van der Waals surface area contributed by atoms with Crippen LogP contribution in [0.1, 0.15) is 0 Å². The zero-order valence-electron chi connectivity index (χ0n) is 25.2. The van der Waals surface area contributed by atoms with Crippen molar-refractivity contribution in [3.63, 3.8) is 0 Å². The van der Waals surface area contributed by atoms with E-state index in [0.29, 0.717) is 66.8 Å². The van der Waals surface area contributed by atoms with Gasteiger partial charge in [-0.2, -0.15) is 0 Å². The summed E-state index contributed by atoms with van der Waals surface area (Å²) in [7, 11) is -3.84. The van der Waals surface area contributed by atoms with Crippen LogP contribution in [0, 0.1) is 0 Å². The lowest BCUT2D eigenvalue weighted by molar-refractivity contribution is 1.13. The Bertz CT molecular complexity index is 2020. The molecule has 0 radical (unpaired) electrons. The molecule has 16 nitrogen and oxygen atoms in total. The van der Waals surface area contributed by atoms with Crippen LogP contribution in [0.5, 0.6) is 0 Å². The van der Waals surface area contributed by atoms with Crippen LogP contribution in [0.25, 0.3) is 45.6 Å². The summed E-state index contributed by atoms with van der Waals surface area (Å²) in [6.45, 7) is 0. The molecule has 8 aromatic rings. The van der Waals surface area contributed by atoms with Crippen LogP contribution in [0.3, 0.4) is 0 Å². The molecule has 8 heterocycles. The van der Waals surface area contributed by atoms with Gasteiger partial charge >= 0.3 is 0 Å². The monoisotopic (exact) mass is 656 g/mol. The fourth-order valence-corrected chi connectivity index (χ4v) is 8.99. The van der Waals surface area contributed by atoms with Gasteiger partial charge in [-0.25, -0.2) is 0 Å². The van der Waals surface area contributed by atoms with Gasteiger partial charge in [0.25, 0.3) is 8.07 Å². The third-order valence-electron chi connectivity index (χ3n) is 7.38. The lowest BCUT2D eigenvalue weighted by atomic mass is 10.3. The van der Waals surface area contributed by atoms with E-state index in [9.17, 15) is 0 Å². The first-order valence-corrected chi connectivity index (χ1v) is 16.6. The smallest absolute Gasteiger partial charge is 0.261 e. The molecule has 232 valence electrons. The Hall–Kier alpha value is -7.14. The Labute approximate surface area is 278 Å². The molecular weight excluding hydrogens is 637 g/mol. The summed E-state index contributed by atoms with van der Waals surface area (Å²) in [5, 5.41) is 2.05. The average molecular weight is 657 g/mol. The van der Waals surface area contributed by atoms with E-state index in [1.807, 2.05) is 0 Å². The number of rotatable bonds is 8. The number of aromatic nitrogens is 16. The Morgan fingerprint density at radius 1 is 0.245 bits per heavy atom. The molecule has 17 heteroatoms. The van der Waals surface area contributed by atoms with Gasteiger partial charge in [-0.3, -0.25) is 79.7 Å². The van der Waals surface area contributed by atoms with Gasteiger partial charge in [0.05, 0.1) is 70.8 Å². The Kier molecular flexibility index (Phi) is 7.72. The maximum Gasteiger partial charge on any atom is 0.271 e. The van der Waals surface area contributed by atoms with Crippen molar-refractivity contribution in [3.05, 3.63) is 124 Å². The van der Waals surface area contributed by atoms with Gasteiger partial charge in [0.15, 0.2) is 0 Å². The molecule has 0 bridgehead atoms. The van der Waals surface area contributed by atoms with Crippen LogP contribution in [-0.2, 0) is 0 Å². The fourth-order valence-electron chi connectivity index (χ4n) is 5.19. The van der Waals surface area contributed by atoms with E-state index in [1.165, 1.54) is 0 Å². The largest absolute Gasteiger partial charge is 0.271 e. The molecule has 0 fully saturated rings. The van der Waals surface area contributed by atoms with Crippen molar-refractivity contribution in [2.45, 2.75) is 0 Å². The molecule has 0 aliphatic heterocycles. The average Bonchev–Trinajstić information content (AvgIpc) is 3.20. The third-order valence-corrected chi connectivity index (χ3v) is 11.4. The molecule has 0 saturated heterocycles. The van der Waals surface area contributed by atoms with Crippen molar-refractivity contribution in [3.8, 4) is 45.6 Å². The van der Waals surface area contributed by atoms with Gasteiger partial charge in [0.1, 0.15) is 45.6 Å². The van der Waals surface area contributed by atoms with Crippen molar-refractivity contribution < 1.29 is 0 Å². The minimum absolute atomic E-state index is 0.483. The highest BCUT2D eigenvalue weighted by Crippen LogP contribution is 2.17. The van der Waals surface area contributed by atoms with Crippen molar-refractivity contribution >= 4 is 29.3 Å². The second kappa shape index (κ2) is 12.9. The van der Waals surface area contributed by atoms with Crippen molar-refractivity contribution in [2.24, 2.45) is 0 Å². The molecule has 49 heavy (non-hydrogen) atoms. The second-order valence-electron chi connectivity index (χ2n) is 10.3. The predicted molar refractivity (Wildman–Crippen MR) is 177 cm³/mol. The van der Waals surface area contributed by atoms with Gasteiger partial charge in [-0.1, -0.05) is 0 Å². The molecule has 0 unspecified atom stereocenters. The van der Waals surface area contributed by atoms with Crippen LogP contribution in [0.4, 0.5) is 0 Å². The lowest BCUT2D eigenvalue weighted by Crippen LogP contribution is -2.78. The van der Waals surface area contributed by atoms with E-state index in [4.69, 9.17) is 19.9 Å². The first-order valence-electron chi connectivity index (χ1n) is 14.6. The molecule has 0 atom stereocenters. The summed E-state index contributed by atoms with van der Waals surface area (Å²) in [4.78, 5) is 74.0. The molecule has 0 aliphatic rings. The van der Waals surface area contributed by atoms with Gasteiger partial charge in [-0.05, 0) is 0 Å². The van der Waals surface area contributed by atoms with Crippen LogP contribution in [0.2, 0.25) is 0 Å².